The maximum Gasteiger partial charge on any atom is 0.238 e. The predicted molar refractivity (Wildman–Crippen MR) is 118 cm³/mol. The number of unbranched alkanes of at least 4 members (excludes halogenated alkanes) is 1. The molecular formula is C22H27N3O2S. The second kappa shape index (κ2) is 9.15. The van der Waals surface area contributed by atoms with Gasteiger partial charge in [0.25, 0.3) is 0 Å². The smallest absolute Gasteiger partial charge is 0.238 e. The van der Waals surface area contributed by atoms with Crippen LogP contribution in [-0.4, -0.2) is 31.7 Å². The molecule has 0 saturated carbocycles. The molecule has 0 unspecified atom stereocenters. The molecule has 6 heteroatoms. The van der Waals surface area contributed by atoms with Crippen molar-refractivity contribution in [3.8, 4) is 0 Å². The largest absolute Gasteiger partial charge is 0.378 e. The average molecular weight is 398 g/mol. The first-order chi connectivity index (χ1) is 13.5. The summed E-state index contributed by atoms with van der Waals surface area (Å²) in [6, 6.07) is 15.9. The predicted octanol–water partition coefficient (Wildman–Crippen LogP) is 4.66. The lowest BCUT2D eigenvalue weighted by Gasteiger charge is -2.25. The van der Waals surface area contributed by atoms with Gasteiger partial charge in [-0.15, -0.1) is 11.8 Å². The lowest BCUT2D eigenvalue weighted by atomic mass is 10.1. The maximum atomic E-state index is 12.5. The zero-order valence-corrected chi connectivity index (χ0v) is 17.5. The number of rotatable bonds is 7. The van der Waals surface area contributed by atoms with Crippen LogP contribution in [0.5, 0.6) is 0 Å². The Morgan fingerprint density at radius 3 is 2.43 bits per heavy atom. The van der Waals surface area contributed by atoms with Crippen molar-refractivity contribution >= 4 is 40.6 Å². The van der Waals surface area contributed by atoms with Gasteiger partial charge in [0.1, 0.15) is 5.37 Å². The Hall–Kier alpha value is -2.47. The molecular weight excluding hydrogens is 370 g/mol. The van der Waals surface area contributed by atoms with Crippen LogP contribution in [0.4, 0.5) is 17.1 Å². The highest BCUT2D eigenvalue weighted by atomic mass is 32.2. The van der Waals surface area contributed by atoms with E-state index < -0.39 is 0 Å². The number of hydrogen-bond acceptors (Lipinski definition) is 4. The number of amides is 2. The number of carbonyl (C=O) groups excluding carboxylic acids is 2. The molecule has 1 heterocycles. The fourth-order valence-electron chi connectivity index (χ4n) is 3.15. The van der Waals surface area contributed by atoms with Crippen LogP contribution in [0, 0.1) is 0 Å². The molecule has 28 heavy (non-hydrogen) atoms. The van der Waals surface area contributed by atoms with Crippen molar-refractivity contribution in [2.24, 2.45) is 0 Å². The standard InChI is InChI=1S/C22H27N3O2S/c1-4-5-6-20(26)23-17-9-7-16(8-10-17)22-25(21(27)15-28-22)19-13-11-18(12-14-19)24(2)3/h7-14,22H,4-6,15H2,1-3H3,(H,23,26)/t22-/m0/s1. The summed E-state index contributed by atoms with van der Waals surface area (Å²) in [5.74, 6) is 0.627. The van der Waals surface area contributed by atoms with Crippen molar-refractivity contribution in [2.75, 3.05) is 35.0 Å². The molecule has 0 bridgehead atoms. The van der Waals surface area contributed by atoms with Crippen molar-refractivity contribution in [1.82, 2.24) is 0 Å². The Labute approximate surface area is 171 Å². The van der Waals surface area contributed by atoms with Crippen molar-refractivity contribution in [3.05, 3.63) is 54.1 Å². The normalized spacial score (nSPS) is 16.3. The second-order valence-electron chi connectivity index (χ2n) is 7.11. The van der Waals surface area contributed by atoms with E-state index in [4.69, 9.17) is 0 Å². The second-order valence-corrected chi connectivity index (χ2v) is 8.18. The van der Waals surface area contributed by atoms with Gasteiger partial charge in [0.15, 0.2) is 0 Å². The molecule has 2 amide bonds. The molecule has 2 aromatic carbocycles. The molecule has 1 atom stereocenters. The fourth-order valence-corrected chi connectivity index (χ4v) is 4.33. The van der Waals surface area contributed by atoms with Crippen LogP contribution in [0.25, 0.3) is 0 Å². The van der Waals surface area contributed by atoms with Crippen molar-refractivity contribution in [3.63, 3.8) is 0 Å². The number of nitrogens with one attached hydrogen (secondary N) is 1. The minimum Gasteiger partial charge on any atom is -0.378 e. The molecule has 0 aromatic heterocycles. The van der Waals surface area contributed by atoms with Crippen molar-refractivity contribution < 1.29 is 9.59 Å². The Kier molecular flexibility index (Phi) is 6.62. The summed E-state index contributed by atoms with van der Waals surface area (Å²) in [6.45, 7) is 2.07. The molecule has 1 fully saturated rings. The number of anilines is 3. The summed E-state index contributed by atoms with van der Waals surface area (Å²) in [4.78, 5) is 28.3. The van der Waals surface area contributed by atoms with Crippen molar-refractivity contribution in [2.45, 2.75) is 31.6 Å². The molecule has 1 aliphatic rings. The summed E-state index contributed by atoms with van der Waals surface area (Å²) >= 11 is 1.63. The zero-order chi connectivity index (χ0) is 20.1. The van der Waals surface area contributed by atoms with E-state index in [1.54, 1.807) is 11.8 Å². The van der Waals surface area contributed by atoms with Crippen LogP contribution >= 0.6 is 11.8 Å². The lowest BCUT2D eigenvalue weighted by Crippen LogP contribution is -2.27. The minimum atomic E-state index is -0.0532. The Bertz CT molecular complexity index is 819. The Balaban J connectivity index is 1.74. The summed E-state index contributed by atoms with van der Waals surface area (Å²) in [6.07, 6.45) is 2.44. The van der Waals surface area contributed by atoms with Gasteiger partial charge in [-0.1, -0.05) is 25.5 Å². The van der Waals surface area contributed by atoms with Gasteiger partial charge in [0.2, 0.25) is 11.8 Å². The van der Waals surface area contributed by atoms with Crippen LogP contribution in [0.3, 0.4) is 0 Å². The minimum absolute atomic E-state index is 0.0441. The topological polar surface area (TPSA) is 52.7 Å². The molecule has 0 aliphatic carbocycles. The van der Waals surface area contributed by atoms with Crippen molar-refractivity contribution in [1.29, 1.82) is 0 Å². The number of hydrogen-bond donors (Lipinski definition) is 1. The molecule has 1 saturated heterocycles. The number of carbonyl (C=O) groups is 2. The summed E-state index contributed by atoms with van der Waals surface area (Å²) in [5.41, 5.74) is 3.85. The molecule has 148 valence electrons. The first-order valence-corrected chi connectivity index (χ1v) is 10.7. The van der Waals surface area contributed by atoms with Gasteiger partial charge in [0, 0.05) is 37.6 Å². The first kappa shape index (κ1) is 20.3. The number of benzene rings is 2. The highest BCUT2D eigenvalue weighted by Crippen LogP contribution is 2.42. The van der Waals surface area contributed by atoms with E-state index in [1.807, 2.05) is 72.4 Å². The molecule has 1 N–H and O–H groups in total. The molecule has 0 spiro atoms. The number of nitrogens with zero attached hydrogens (tertiary/aromatic N) is 2. The van der Waals surface area contributed by atoms with Gasteiger partial charge >= 0.3 is 0 Å². The summed E-state index contributed by atoms with van der Waals surface area (Å²) < 4.78 is 0. The Morgan fingerprint density at radius 1 is 1.14 bits per heavy atom. The lowest BCUT2D eigenvalue weighted by molar-refractivity contribution is -0.116. The maximum absolute atomic E-state index is 12.5. The van der Waals surface area contributed by atoms with Gasteiger partial charge in [-0.05, 0) is 48.4 Å². The van der Waals surface area contributed by atoms with E-state index in [0.29, 0.717) is 12.2 Å². The molecule has 1 aliphatic heterocycles. The van der Waals surface area contributed by atoms with E-state index in [2.05, 4.69) is 12.2 Å². The number of thioether (sulfide) groups is 1. The van der Waals surface area contributed by atoms with Gasteiger partial charge in [-0.25, -0.2) is 0 Å². The first-order valence-electron chi connectivity index (χ1n) is 9.60. The average Bonchev–Trinajstić information content (AvgIpc) is 3.08. The van der Waals surface area contributed by atoms with Gasteiger partial charge in [0.05, 0.1) is 5.75 Å². The third kappa shape index (κ3) is 4.68. The van der Waals surface area contributed by atoms with Crippen LogP contribution in [0.2, 0.25) is 0 Å². The van der Waals surface area contributed by atoms with E-state index in [9.17, 15) is 9.59 Å². The Morgan fingerprint density at radius 2 is 1.82 bits per heavy atom. The molecule has 5 nitrogen and oxygen atoms in total. The van der Waals surface area contributed by atoms with Crippen LogP contribution < -0.4 is 15.1 Å². The third-order valence-electron chi connectivity index (χ3n) is 4.75. The summed E-state index contributed by atoms with van der Waals surface area (Å²) in [7, 11) is 3.99. The molecule has 3 rings (SSSR count). The van der Waals surface area contributed by atoms with Gasteiger partial charge in [-0.3, -0.25) is 14.5 Å². The molecule has 0 radical (unpaired) electrons. The fraction of sp³-hybridized carbons (Fsp3) is 0.364. The quantitative estimate of drug-likeness (QED) is 0.738. The highest BCUT2D eigenvalue weighted by molar-refractivity contribution is 8.00. The SMILES string of the molecule is CCCCC(=O)Nc1ccc([C@@H]2SCC(=O)N2c2ccc(N(C)C)cc2)cc1. The van der Waals surface area contributed by atoms with Crippen LogP contribution in [0.1, 0.15) is 37.1 Å². The van der Waals surface area contributed by atoms with E-state index >= 15 is 0 Å². The summed E-state index contributed by atoms with van der Waals surface area (Å²) in [5, 5.41) is 2.88. The van der Waals surface area contributed by atoms with E-state index in [1.165, 1.54) is 0 Å². The van der Waals surface area contributed by atoms with Gasteiger partial charge in [-0.2, -0.15) is 0 Å². The molecule has 2 aromatic rings. The van der Waals surface area contributed by atoms with Crippen LogP contribution in [-0.2, 0) is 9.59 Å². The monoisotopic (exact) mass is 397 g/mol. The van der Waals surface area contributed by atoms with Crippen LogP contribution in [0.15, 0.2) is 48.5 Å². The zero-order valence-electron chi connectivity index (χ0n) is 16.6. The van der Waals surface area contributed by atoms with E-state index in [0.717, 1.165) is 35.5 Å². The third-order valence-corrected chi connectivity index (χ3v) is 5.96. The van der Waals surface area contributed by atoms with E-state index in [-0.39, 0.29) is 17.2 Å². The van der Waals surface area contributed by atoms with Gasteiger partial charge < -0.3 is 10.2 Å². The highest BCUT2D eigenvalue weighted by Gasteiger charge is 2.34.